The molecule has 0 bridgehead atoms. The van der Waals surface area contributed by atoms with Gasteiger partial charge in [0.2, 0.25) is 5.88 Å². The Labute approximate surface area is 138 Å². The minimum Gasteiger partial charge on any atom is -0.497 e. The van der Waals surface area contributed by atoms with Crippen molar-refractivity contribution in [2.24, 2.45) is 9.98 Å². The maximum absolute atomic E-state index is 12.8. The van der Waals surface area contributed by atoms with Crippen molar-refractivity contribution in [1.82, 2.24) is 4.90 Å². The van der Waals surface area contributed by atoms with E-state index in [0.29, 0.717) is 40.8 Å². The number of nitrogens with zero attached hydrogens (tertiary/aromatic N) is 3. The van der Waals surface area contributed by atoms with E-state index in [4.69, 9.17) is 9.15 Å². The van der Waals surface area contributed by atoms with Crippen molar-refractivity contribution in [1.29, 1.82) is 0 Å². The number of aryl methyl sites for hydroxylation is 1. The molecule has 1 amide bonds. The molecular formula is C17H16N4O3. The smallest absolute Gasteiger partial charge is 0.260 e. The Hall–Kier alpha value is -3.09. The molecular weight excluding hydrogens is 308 g/mol. The molecule has 0 saturated carbocycles. The van der Waals surface area contributed by atoms with Gasteiger partial charge in [-0.25, -0.2) is 4.99 Å². The Kier molecular flexibility index (Phi) is 3.34. The van der Waals surface area contributed by atoms with E-state index in [1.54, 1.807) is 32.5 Å². The lowest BCUT2D eigenvalue weighted by Gasteiger charge is -2.18. The van der Waals surface area contributed by atoms with Crippen molar-refractivity contribution in [3.63, 3.8) is 0 Å². The van der Waals surface area contributed by atoms with Gasteiger partial charge in [0.1, 0.15) is 23.7 Å². The summed E-state index contributed by atoms with van der Waals surface area (Å²) in [5.74, 6) is 2.12. The highest BCUT2D eigenvalue weighted by molar-refractivity contribution is 6.19. The van der Waals surface area contributed by atoms with Crippen molar-refractivity contribution in [2.45, 2.75) is 6.92 Å². The van der Waals surface area contributed by atoms with Crippen LogP contribution in [0.5, 0.6) is 5.75 Å². The van der Waals surface area contributed by atoms with Gasteiger partial charge < -0.3 is 19.4 Å². The van der Waals surface area contributed by atoms with Crippen molar-refractivity contribution < 1.29 is 13.9 Å². The minimum absolute atomic E-state index is 0.252. The molecule has 0 unspecified atom stereocenters. The number of hydrogen-bond donors (Lipinski definition) is 1. The van der Waals surface area contributed by atoms with Crippen molar-refractivity contribution >= 4 is 29.7 Å². The summed E-state index contributed by atoms with van der Waals surface area (Å²) in [6, 6.07) is 7.21. The molecule has 122 valence electrons. The van der Waals surface area contributed by atoms with Gasteiger partial charge in [-0.05, 0) is 19.1 Å². The van der Waals surface area contributed by atoms with Gasteiger partial charge in [-0.1, -0.05) is 6.07 Å². The van der Waals surface area contributed by atoms with Gasteiger partial charge in [0.05, 0.1) is 24.8 Å². The van der Waals surface area contributed by atoms with Gasteiger partial charge in [-0.3, -0.25) is 9.79 Å². The van der Waals surface area contributed by atoms with Gasteiger partial charge in [-0.15, -0.1) is 0 Å². The third-order valence-electron chi connectivity index (χ3n) is 4.03. The van der Waals surface area contributed by atoms with Crippen molar-refractivity contribution in [2.75, 3.05) is 25.5 Å². The summed E-state index contributed by atoms with van der Waals surface area (Å²) in [6.45, 7) is 3.20. The molecule has 24 heavy (non-hydrogen) atoms. The van der Waals surface area contributed by atoms with Crippen LogP contribution in [-0.4, -0.2) is 43.2 Å². The summed E-state index contributed by atoms with van der Waals surface area (Å²) in [6.07, 6.45) is 1.70. The fourth-order valence-corrected chi connectivity index (χ4v) is 2.91. The average molecular weight is 324 g/mol. The molecule has 2 aromatic rings. The predicted octanol–water partition coefficient (Wildman–Crippen LogP) is 2.58. The van der Waals surface area contributed by atoms with Crippen LogP contribution in [0.15, 0.2) is 38.7 Å². The maximum Gasteiger partial charge on any atom is 0.260 e. The first kappa shape index (κ1) is 14.5. The van der Waals surface area contributed by atoms with Crippen molar-refractivity contribution in [3.05, 3.63) is 41.2 Å². The third kappa shape index (κ3) is 2.25. The molecule has 3 heterocycles. The molecule has 7 nitrogen and oxygen atoms in total. The number of furan rings is 1. The molecule has 1 N–H and O–H groups in total. The monoisotopic (exact) mass is 324 g/mol. The summed E-state index contributed by atoms with van der Waals surface area (Å²) >= 11 is 0. The molecule has 0 spiro atoms. The van der Waals surface area contributed by atoms with Crippen LogP contribution in [0.3, 0.4) is 0 Å². The SMILES string of the molecule is COc1cccc(NC(=O)c2c(C)oc3c2C2=NCCN2C=N3)c1. The summed E-state index contributed by atoms with van der Waals surface area (Å²) in [7, 11) is 1.59. The van der Waals surface area contributed by atoms with E-state index in [2.05, 4.69) is 15.3 Å². The number of amides is 1. The highest BCUT2D eigenvalue weighted by atomic mass is 16.5. The first-order valence-electron chi connectivity index (χ1n) is 7.62. The van der Waals surface area contributed by atoms with E-state index in [1.807, 2.05) is 17.0 Å². The van der Waals surface area contributed by atoms with Gasteiger partial charge in [0.15, 0.2) is 0 Å². The van der Waals surface area contributed by atoms with Crippen LogP contribution in [-0.2, 0) is 0 Å². The largest absolute Gasteiger partial charge is 0.497 e. The molecule has 4 rings (SSSR count). The molecule has 0 radical (unpaired) electrons. The zero-order chi connectivity index (χ0) is 16.7. The standard InChI is InChI=1S/C17H16N4O3/c1-10-13(16(22)20-11-4-3-5-12(8-11)23-2)14-15-18-6-7-21(15)9-19-17(14)24-10/h3-5,8-9H,6-7H2,1-2H3,(H,20,22). The third-order valence-corrected chi connectivity index (χ3v) is 4.03. The highest BCUT2D eigenvalue weighted by Crippen LogP contribution is 2.34. The lowest BCUT2D eigenvalue weighted by atomic mass is 10.1. The van der Waals surface area contributed by atoms with Gasteiger partial charge >= 0.3 is 0 Å². The number of carbonyl (C=O) groups excluding carboxylic acids is 1. The number of ether oxygens (including phenoxy) is 1. The number of amidine groups is 1. The Morgan fingerprint density at radius 2 is 2.29 bits per heavy atom. The predicted molar refractivity (Wildman–Crippen MR) is 90.7 cm³/mol. The summed E-state index contributed by atoms with van der Waals surface area (Å²) < 4.78 is 10.8. The molecule has 2 aliphatic heterocycles. The Morgan fingerprint density at radius 3 is 3.12 bits per heavy atom. The summed E-state index contributed by atoms with van der Waals surface area (Å²) in [5.41, 5.74) is 1.78. The summed E-state index contributed by atoms with van der Waals surface area (Å²) in [5, 5.41) is 2.89. The van der Waals surface area contributed by atoms with E-state index >= 15 is 0 Å². The molecule has 1 aromatic carbocycles. The van der Waals surface area contributed by atoms with Crippen LogP contribution in [0.2, 0.25) is 0 Å². The van der Waals surface area contributed by atoms with Crippen molar-refractivity contribution in [3.8, 4) is 5.75 Å². The Morgan fingerprint density at radius 1 is 1.42 bits per heavy atom. The molecule has 0 aliphatic carbocycles. The number of hydrogen-bond acceptors (Lipinski definition) is 6. The second-order valence-electron chi connectivity index (χ2n) is 5.54. The van der Waals surface area contributed by atoms with Crippen LogP contribution in [0, 0.1) is 6.92 Å². The fourth-order valence-electron chi connectivity index (χ4n) is 2.91. The van der Waals surface area contributed by atoms with Gasteiger partial charge in [0, 0.05) is 18.3 Å². The fraction of sp³-hybridized carbons (Fsp3) is 0.235. The van der Waals surface area contributed by atoms with Crippen LogP contribution in [0.25, 0.3) is 0 Å². The van der Waals surface area contributed by atoms with Gasteiger partial charge in [-0.2, -0.15) is 0 Å². The Bertz CT molecular complexity index is 882. The van der Waals surface area contributed by atoms with E-state index in [9.17, 15) is 4.79 Å². The maximum atomic E-state index is 12.8. The minimum atomic E-state index is -0.252. The number of nitrogens with one attached hydrogen (secondary N) is 1. The number of anilines is 1. The number of carbonyl (C=O) groups is 1. The van der Waals surface area contributed by atoms with E-state index in [-0.39, 0.29) is 5.91 Å². The zero-order valence-electron chi connectivity index (χ0n) is 13.4. The number of benzene rings is 1. The van der Waals surface area contributed by atoms with E-state index < -0.39 is 0 Å². The molecule has 7 heteroatoms. The second kappa shape index (κ2) is 5.52. The van der Waals surface area contributed by atoms with Gasteiger partial charge in [0.25, 0.3) is 5.91 Å². The first-order valence-corrected chi connectivity index (χ1v) is 7.62. The molecule has 0 saturated heterocycles. The lowest BCUT2D eigenvalue weighted by Crippen LogP contribution is -2.30. The highest BCUT2D eigenvalue weighted by Gasteiger charge is 2.33. The van der Waals surface area contributed by atoms with E-state index in [1.165, 1.54) is 0 Å². The lowest BCUT2D eigenvalue weighted by molar-refractivity contribution is 0.102. The molecule has 2 aliphatic rings. The Balaban J connectivity index is 1.71. The summed E-state index contributed by atoms with van der Waals surface area (Å²) in [4.78, 5) is 23.5. The van der Waals surface area contributed by atoms with E-state index in [0.717, 1.165) is 12.4 Å². The second-order valence-corrected chi connectivity index (χ2v) is 5.54. The number of aliphatic imine (C=N–C) groups is 2. The first-order chi connectivity index (χ1) is 11.7. The quantitative estimate of drug-likeness (QED) is 0.941. The van der Waals surface area contributed by atoms with Crippen LogP contribution < -0.4 is 10.1 Å². The average Bonchev–Trinajstić information content (AvgIpc) is 3.17. The normalized spacial score (nSPS) is 14.9. The van der Waals surface area contributed by atoms with Crippen LogP contribution in [0.1, 0.15) is 21.7 Å². The number of fused-ring (bicyclic) bond motifs is 3. The number of rotatable bonds is 3. The van der Waals surface area contributed by atoms with Crippen LogP contribution >= 0.6 is 0 Å². The molecule has 1 aromatic heterocycles. The molecule has 0 fully saturated rings. The molecule has 0 atom stereocenters. The number of methoxy groups -OCH3 is 1. The van der Waals surface area contributed by atoms with Crippen LogP contribution in [0.4, 0.5) is 11.6 Å². The topological polar surface area (TPSA) is 79.4 Å². The zero-order valence-corrected chi connectivity index (χ0v) is 13.4.